The quantitative estimate of drug-likeness (QED) is 0.464. The van der Waals surface area contributed by atoms with Crippen LogP contribution < -0.4 is 5.32 Å². The Morgan fingerprint density at radius 2 is 1.92 bits per heavy atom. The summed E-state index contributed by atoms with van der Waals surface area (Å²) in [6.07, 6.45) is 0. The summed E-state index contributed by atoms with van der Waals surface area (Å²) in [7, 11) is 0. The molecule has 0 spiro atoms. The maximum absolute atomic E-state index is 12.1. The summed E-state index contributed by atoms with van der Waals surface area (Å²) in [5.41, 5.74) is 1.55. The summed E-state index contributed by atoms with van der Waals surface area (Å²) in [5.74, 6) is 0.445. The van der Waals surface area contributed by atoms with Crippen LogP contribution in [0.2, 0.25) is 10.0 Å². The van der Waals surface area contributed by atoms with Gasteiger partial charge in [0.15, 0.2) is 4.34 Å². The molecule has 0 bridgehead atoms. The molecule has 0 radical (unpaired) electrons. The second-order valence-electron chi connectivity index (χ2n) is 4.72. The van der Waals surface area contributed by atoms with E-state index in [2.05, 4.69) is 15.5 Å². The Morgan fingerprint density at radius 1 is 1.12 bits per heavy atom. The third-order valence-electron chi connectivity index (χ3n) is 3.03. The van der Waals surface area contributed by atoms with Crippen LogP contribution in [0.5, 0.6) is 0 Å². The molecule has 1 aromatic heterocycles. The molecule has 1 amide bonds. The zero-order valence-electron chi connectivity index (χ0n) is 12.2. The van der Waals surface area contributed by atoms with E-state index in [0.29, 0.717) is 26.5 Å². The lowest BCUT2D eigenvalue weighted by Crippen LogP contribution is -2.11. The molecule has 24 heavy (non-hydrogen) atoms. The second-order valence-corrected chi connectivity index (χ2v) is 7.76. The number of aromatic nitrogens is 2. The minimum atomic E-state index is -0.205. The van der Waals surface area contributed by atoms with Crippen LogP contribution in [-0.2, 0) is 5.75 Å². The highest BCUT2D eigenvalue weighted by Crippen LogP contribution is 2.31. The van der Waals surface area contributed by atoms with Crippen molar-refractivity contribution in [3.05, 3.63) is 69.7 Å². The van der Waals surface area contributed by atoms with Gasteiger partial charge in [-0.25, -0.2) is 0 Å². The van der Waals surface area contributed by atoms with Crippen molar-refractivity contribution in [2.75, 3.05) is 5.32 Å². The van der Waals surface area contributed by atoms with Gasteiger partial charge in [-0.15, -0.1) is 10.2 Å². The highest BCUT2D eigenvalue weighted by Gasteiger charge is 2.11. The molecule has 4 nitrogen and oxygen atoms in total. The normalized spacial score (nSPS) is 10.6. The van der Waals surface area contributed by atoms with Crippen molar-refractivity contribution in [3.63, 3.8) is 0 Å². The van der Waals surface area contributed by atoms with E-state index in [4.69, 9.17) is 23.2 Å². The third-order valence-corrected chi connectivity index (χ3v) is 5.64. The number of carbonyl (C=O) groups is 1. The predicted molar refractivity (Wildman–Crippen MR) is 100 cm³/mol. The lowest BCUT2D eigenvalue weighted by molar-refractivity contribution is 0.102. The zero-order chi connectivity index (χ0) is 16.9. The molecule has 1 heterocycles. The fourth-order valence-electron chi connectivity index (χ4n) is 1.86. The van der Waals surface area contributed by atoms with E-state index in [1.165, 1.54) is 23.1 Å². The van der Waals surface area contributed by atoms with Crippen LogP contribution in [0.1, 0.15) is 15.9 Å². The second kappa shape index (κ2) is 7.98. The molecule has 0 aliphatic heterocycles. The van der Waals surface area contributed by atoms with Crippen molar-refractivity contribution in [2.24, 2.45) is 0 Å². The molecule has 0 saturated carbocycles. The van der Waals surface area contributed by atoms with E-state index < -0.39 is 0 Å². The number of amides is 1. The van der Waals surface area contributed by atoms with Crippen molar-refractivity contribution in [1.29, 1.82) is 0 Å². The van der Waals surface area contributed by atoms with Crippen molar-refractivity contribution in [1.82, 2.24) is 10.2 Å². The Balaban J connectivity index is 1.60. The highest BCUT2D eigenvalue weighted by atomic mass is 35.5. The lowest BCUT2D eigenvalue weighted by atomic mass is 10.2. The van der Waals surface area contributed by atoms with Gasteiger partial charge in [-0.05, 0) is 29.8 Å². The lowest BCUT2D eigenvalue weighted by Gasteiger charge is -2.02. The van der Waals surface area contributed by atoms with Crippen molar-refractivity contribution >= 4 is 57.3 Å². The number of hydrogen-bond acceptors (Lipinski definition) is 5. The van der Waals surface area contributed by atoms with Gasteiger partial charge in [-0.2, -0.15) is 0 Å². The van der Waals surface area contributed by atoms with E-state index in [1.807, 2.05) is 24.3 Å². The summed E-state index contributed by atoms with van der Waals surface area (Å²) in [5, 5.41) is 12.5. The summed E-state index contributed by atoms with van der Waals surface area (Å²) in [6, 6.07) is 14.4. The number of thioether (sulfide) groups is 1. The molecule has 0 aliphatic rings. The molecular formula is C16H11Cl2N3OS2. The average molecular weight is 396 g/mol. The third kappa shape index (κ3) is 4.48. The first kappa shape index (κ1) is 17.2. The number of nitrogens with one attached hydrogen (secondary N) is 1. The first-order valence-electron chi connectivity index (χ1n) is 6.88. The first-order chi connectivity index (χ1) is 11.6. The number of benzene rings is 2. The monoisotopic (exact) mass is 395 g/mol. The maximum Gasteiger partial charge on any atom is 0.257 e. The molecule has 0 fully saturated rings. The molecule has 8 heteroatoms. The Bertz CT molecular complexity index is 856. The van der Waals surface area contributed by atoms with Crippen LogP contribution in [0, 0.1) is 0 Å². The number of rotatable bonds is 5. The fourth-order valence-corrected chi connectivity index (χ4v) is 4.16. The van der Waals surface area contributed by atoms with E-state index in [9.17, 15) is 4.79 Å². The molecule has 122 valence electrons. The van der Waals surface area contributed by atoms with Crippen molar-refractivity contribution in [2.45, 2.75) is 10.1 Å². The van der Waals surface area contributed by atoms with Gasteiger partial charge >= 0.3 is 0 Å². The molecule has 0 unspecified atom stereocenters. The number of carbonyl (C=O) groups excluding carboxylic acids is 1. The number of hydrogen-bond donors (Lipinski definition) is 1. The zero-order valence-corrected chi connectivity index (χ0v) is 15.3. The first-order valence-corrected chi connectivity index (χ1v) is 9.44. The van der Waals surface area contributed by atoms with Gasteiger partial charge in [0.2, 0.25) is 5.13 Å². The van der Waals surface area contributed by atoms with E-state index >= 15 is 0 Å². The molecule has 3 aromatic rings. The Hall–Kier alpha value is -1.60. The van der Waals surface area contributed by atoms with Crippen LogP contribution >= 0.6 is 46.3 Å². The number of nitrogens with zero attached hydrogens (tertiary/aromatic N) is 2. The standard InChI is InChI=1S/C16H11Cl2N3OS2/c17-12-7-6-11(13(18)8-12)9-23-16-21-20-15(24-16)19-14(22)10-4-2-1-3-5-10/h1-8H,9H2,(H,19,20,22). The van der Waals surface area contributed by atoms with Crippen LogP contribution in [0.15, 0.2) is 52.9 Å². The fraction of sp³-hybridized carbons (Fsp3) is 0.0625. The smallest absolute Gasteiger partial charge is 0.257 e. The average Bonchev–Trinajstić information content (AvgIpc) is 3.02. The summed E-state index contributed by atoms with van der Waals surface area (Å²) in [4.78, 5) is 12.1. The Kier molecular flexibility index (Phi) is 5.73. The molecule has 2 aromatic carbocycles. The maximum atomic E-state index is 12.1. The van der Waals surface area contributed by atoms with E-state index in [0.717, 1.165) is 9.90 Å². The van der Waals surface area contributed by atoms with Crippen LogP contribution in [0.25, 0.3) is 0 Å². The molecule has 1 N–H and O–H groups in total. The SMILES string of the molecule is O=C(Nc1nnc(SCc2ccc(Cl)cc2Cl)s1)c1ccccc1. The van der Waals surface area contributed by atoms with Crippen molar-refractivity contribution < 1.29 is 4.79 Å². The van der Waals surface area contributed by atoms with Crippen LogP contribution in [0.3, 0.4) is 0 Å². The Labute approximate surface area is 157 Å². The molecule has 3 rings (SSSR count). The molecule has 0 saturated heterocycles. The topological polar surface area (TPSA) is 54.9 Å². The van der Waals surface area contributed by atoms with Gasteiger partial charge < -0.3 is 0 Å². The largest absolute Gasteiger partial charge is 0.296 e. The molecular weight excluding hydrogens is 385 g/mol. The molecule has 0 aliphatic carbocycles. The van der Waals surface area contributed by atoms with E-state index in [-0.39, 0.29) is 5.91 Å². The van der Waals surface area contributed by atoms with Gasteiger partial charge in [0.1, 0.15) is 0 Å². The summed E-state index contributed by atoms with van der Waals surface area (Å²) >= 11 is 14.9. The minimum absolute atomic E-state index is 0.205. The molecule has 0 atom stereocenters. The van der Waals surface area contributed by atoms with Gasteiger partial charge in [0.05, 0.1) is 0 Å². The highest BCUT2D eigenvalue weighted by molar-refractivity contribution is 8.00. The van der Waals surface area contributed by atoms with E-state index in [1.54, 1.807) is 24.3 Å². The number of halogens is 2. The predicted octanol–water partition coefficient (Wildman–Crippen LogP) is 5.39. The summed E-state index contributed by atoms with van der Waals surface area (Å²) < 4.78 is 0.754. The van der Waals surface area contributed by atoms with Gasteiger partial charge in [-0.1, -0.05) is 70.6 Å². The van der Waals surface area contributed by atoms with Crippen LogP contribution in [-0.4, -0.2) is 16.1 Å². The van der Waals surface area contributed by atoms with Crippen molar-refractivity contribution in [3.8, 4) is 0 Å². The minimum Gasteiger partial charge on any atom is -0.296 e. The Morgan fingerprint density at radius 3 is 2.67 bits per heavy atom. The summed E-state index contributed by atoms with van der Waals surface area (Å²) in [6.45, 7) is 0. The number of anilines is 1. The van der Waals surface area contributed by atoms with Crippen LogP contribution in [0.4, 0.5) is 5.13 Å². The van der Waals surface area contributed by atoms with Gasteiger partial charge in [0, 0.05) is 21.4 Å². The van der Waals surface area contributed by atoms with Gasteiger partial charge in [-0.3, -0.25) is 10.1 Å². The van der Waals surface area contributed by atoms with Gasteiger partial charge in [0.25, 0.3) is 5.91 Å².